The van der Waals surface area contributed by atoms with Gasteiger partial charge >= 0.3 is 0 Å². The monoisotopic (exact) mass is 390 g/mol. The van der Waals surface area contributed by atoms with E-state index in [2.05, 4.69) is 33.8 Å². The predicted octanol–water partition coefficient (Wildman–Crippen LogP) is 3.34. The van der Waals surface area contributed by atoms with Crippen molar-refractivity contribution in [3.05, 3.63) is 22.2 Å². The van der Waals surface area contributed by atoms with Crippen molar-refractivity contribution in [2.75, 3.05) is 19.8 Å². The molecule has 0 amide bonds. The third-order valence-electron chi connectivity index (χ3n) is 4.36. The number of fused-ring (bicyclic) bond motifs is 1. The molecule has 0 saturated carbocycles. The first-order chi connectivity index (χ1) is 10.1. The molecule has 6 heteroatoms. The van der Waals surface area contributed by atoms with E-state index in [1.807, 2.05) is 6.07 Å². The van der Waals surface area contributed by atoms with Gasteiger partial charge in [0.05, 0.1) is 0 Å². The van der Waals surface area contributed by atoms with Gasteiger partial charge in [-0.2, -0.15) is 0 Å². The number of piperidine rings is 1. The van der Waals surface area contributed by atoms with Gasteiger partial charge in [0.15, 0.2) is 11.5 Å². The highest BCUT2D eigenvalue weighted by molar-refractivity contribution is 9.10. The first-order valence-electron chi connectivity index (χ1n) is 7.73. The Morgan fingerprint density at radius 1 is 1.27 bits per heavy atom. The molecule has 3 rings (SSSR count). The largest absolute Gasteiger partial charge is 0.486 e. The summed E-state index contributed by atoms with van der Waals surface area (Å²) < 4.78 is 12.4. The molecule has 2 N–H and O–H groups in total. The summed E-state index contributed by atoms with van der Waals surface area (Å²) in [7, 11) is 0. The Labute approximate surface area is 146 Å². The first kappa shape index (κ1) is 17.9. The molecule has 1 aromatic rings. The summed E-state index contributed by atoms with van der Waals surface area (Å²) in [6, 6.07) is 4.81. The van der Waals surface area contributed by atoms with Crippen LogP contribution in [0.5, 0.6) is 11.5 Å². The van der Waals surface area contributed by atoms with Gasteiger partial charge in [0.1, 0.15) is 13.2 Å². The Balaban J connectivity index is 0.00000176. The number of hydrogen-bond acceptors (Lipinski definition) is 4. The summed E-state index contributed by atoms with van der Waals surface area (Å²) in [5.74, 6) is 1.69. The van der Waals surface area contributed by atoms with Gasteiger partial charge in [-0.1, -0.05) is 22.4 Å². The average molecular weight is 392 g/mol. The molecule has 2 heterocycles. The molecule has 1 fully saturated rings. The lowest BCUT2D eigenvalue weighted by atomic mass is 9.96. The molecule has 0 radical (unpaired) electrons. The second kappa shape index (κ2) is 7.86. The van der Waals surface area contributed by atoms with E-state index in [1.54, 1.807) is 0 Å². The Kier molecular flexibility index (Phi) is 6.38. The van der Waals surface area contributed by atoms with Crippen LogP contribution in [0.2, 0.25) is 0 Å². The van der Waals surface area contributed by atoms with Crippen LogP contribution in [0, 0.1) is 0 Å². The molecule has 4 nitrogen and oxygen atoms in total. The van der Waals surface area contributed by atoms with Crippen molar-refractivity contribution in [3.63, 3.8) is 0 Å². The maximum absolute atomic E-state index is 6.16. The van der Waals surface area contributed by atoms with Crippen molar-refractivity contribution < 1.29 is 9.47 Å². The topological polar surface area (TPSA) is 47.7 Å². The van der Waals surface area contributed by atoms with Crippen LogP contribution in [0.4, 0.5) is 0 Å². The van der Waals surface area contributed by atoms with E-state index >= 15 is 0 Å². The van der Waals surface area contributed by atoms with E-state index in [-0.39, 0.29) is 18.4 Å². The third kappa shape index (κ3) is 3.88. The highest BCUT2D eigenvalue weighted by atomic mass is 79.9. The van der Waals surface area contributed by atoms with Crippen LogP contribution in [0.25, 0.3) is 0 Å². The molecule has 2 unspecified atom stereocenters. The minimum absolute atomic E-state index is 0. The van der Waals surface area contributed by atoms with Gasteiger partial charge in [0.25, 0.3) is 0 Å². The van der Waals surface area contributed by atoms with E-state index in [4.69, 9.17) is 15.2 Å². The first-order valence-corrected chi connectivity index (χ1v) is 8.52. The third-order valence-corrected chi connectivity index (χ3v) is 5.09. The van der Waals surface area contributed by atoms with E-state index < -0.39 is 0 Å². The van der Waals surface area contributed by atoms with Crippen LogP contribution in [-0.2, 0) is 6.54 Å². The molecule has 2 atom stereocenters. The van der Waals surface area contributed by atoms with Crippen LogP contribution in [0.3, 0.4) is 0 Å². The summed E-state index contributed by atoms with van der Waals surface area (Å²) in [5, 5.41) is 0. The zero-order valence-corrected chi connectivity index (χ0v) is 15.3. The average Bonchev–Trinajstić information content (AvgIpc) is 2.48. The smallest absolute Gasteiger partial charge is 0.162 e. The normalized spacial score (nSPS) is 22.8. The Hall–Kier alpha value is -0.490. The van der Waals surface area contributed by atoms with Crippen LogP contribution >= 0.6 is 28.3 Å². The standard InChI is InChI=1S/C16H23BrN2O2.ClH/c1-11(18)14-4-2-3-5-19(14)10-12-8-15-16(9-13(12)17)21-7-6-20-15;/h8-9,11,14H,2-7,10,18H2,1H3;1H. The quantitative estimate of drug-likeness (QED) is 0.858. The lowest BCUT2D eigenvalue weighted by molar-refractivity contribution is 0.122. The minimum Gasteiger partial charge on any atom is -0.486 e. The second-order valence-corrected chi connectivity index (χ2v) is 6.83. The van der Waals surface area contributed by atoms with Crippen LogP contribution < -0.4 is 15.2 Å². The van der Waals surface area contributed by atoms with Crippen molar-refractivity contribution in [1.82, 2.24) is 4.90 Å². The molecule has 2 aliphatic rings. The van der Waals surface area contributed by atoms with Gasteiger partial charge in [-0.05, 0) is 44.0 Å². The Morgan fingerprint density at radius 3 is 2.64 bits per heavy atom. The fourth-order valence-corrected chi connectivity index (χ4v) is 3.70. The number of halogens is 2. The zero-order valence-electron chi connectivity index (χ0n) is 12.9. The molecule has 1 saturated heterocycles. The van der Waals surface area contributed by atoms with Crippen LogP contribution in [0.15, 0.2) is 16.6 Å². The van der Waals surface area contributed by atoms with Gasteiger partial charge in [0.2, 0.25) is 0 Å². The lowest BCUT2D eigenvalue weighted by Crippen LogP contribution is -2.48. The number of benzene rings is 1. The number of ether oxygens (including phenoxy) is 2. The summed E-state index contributed by atoms with van der Waals surface area (Å²) in [5.41, 5.74) is 7.40. The number of hydrogen-bond donors (Lipinski definition) is 1. The van der Waals surface area contributed by atoms with Crippen molar-refractivity contribution in [1.29, 1.82) is 0 Å². The van der Waals surface area contributed by atoms with E-state index in [0.717, 1.165) is 29.1 Å². The molecule has 124 valence electrons. The molecular formula is C16H24BrClN2O2. The van der Waals surface area contributed by atoms with Gasteiger partial charge in [0, 0.05) is 23.1 Å². The zero-order chi connectivity index (χ0) is 14.8. The van der Waals surface area contributed by atoms with Crippen LogP contribution in [0.1, 0.15) is 31.7 Å². The van der Waals surface area contributed by atoms with Gasteiger partial charge < -0.3 is 15.2 Å². The Morgan fingerprint density at radius 2 is 1.95 bits per heavy atom. The van der Waals surface area contributed by atoms with Gasteiger partial charge in [-0.3, -0.25) is 4.90 Å². The maximum Gasteiger partial charge on any atom is 0.162 e. The van der Waals surface area contributed by atoms with Gasteiger partial charge in [-0.25, -0.2) is 0 Å². The molecule has 0 aromatic heterocycles. The molecule has 0 spiro atoms. The van der Waals surface area contributed by atoms with Crippen molar-refractivity contribution in [3.8, 4) is 11.5 Å². The number of rotatable bonds is 3. The predicted molar refractivity (Wildman–Crippen MR) is 94.1 cm³/mol. The fraction of sp³-hybridized carbons (Fsp3) is 0.625. The maximum atomic E-state index is 6.16. The van der Waals surface area contributed by atoms with Crippen molar-refractivity contribution in [2.24, 2.45) is 5.73 Å². The van der Waals surface area contributed by atoms with E-state index in [1.165, 1.54) is 24.8 Å². The minimum atomic E-state index is 0. The van der Waals surface area contributed by atoms with Crippen LogP contribution in [-0.4, -0.2) is 36.7 Å². The molecule has 1 aromatic carbocycles. The second-order valence-electron chi connectivity index (χ2n) is 5.98. The summed E-state index contributed by atoms with van der Waals surface area (Å²) in [6.07, 6.45) is 3.73. The van der Waals surface area contributed by atoms with E-state index in [9.17, 15) is 0 Å². The van der Waals surface area contributed by atoms with Gasteiger partial charge in [-0.15, -0.1) is 12.4 Å². The van der Waals surface area contributed by atoms with Crippen molar-refractivity contribution in [2.45, 2.75) is 44.8 Å². The van der Waals surface area contributed by atoms with E-state index in [0.29, 0.717) is 19.3 Å². The molecule has 22 heavy (non-hydrogen) atoms. The van der Waals surface area contributed by atoms with Crippen molar-refractivity contribution >= 4 is 28.3 Å². The molecule has 2 aliphatic heterocycles. The Bertz CT molecular complexity index is 513. The summed E-state index contributed by atoms with van der Waals surface area (Å²) in [4.78, 5) is 2.50. The number of nitrogens with two attached hydrogens (primary N) is 1. The summed E-state index contributed by atoms with van der Waals surface area (Å²) >= 11 is 3.67. The molecular weight excluding hydrogens is 368 g/mol. The number of nitrogens with zero attached hydrogens (tertiary/aromatic N) is 1. The highest BCUT2D eigenvalue weighted by Crippen LogP contribution is 2.36. The molecule has 0 aliphatic carbocycles. The lowest BCUT2D eigenvalue weighted by Gasteiger charge is -2.38. The summed E-state index contributed by atoms with van der Waals surface area (Å²) in [6.45, 7) is 5.39. The SMILES string of the molecule is CC(N)C1CCCCN1Cc1cc2c(cc1Br)OCCO2.Cl. The fourth-order valence-electron chi connectivity index (χ4n) is 3.25. The molecule has 0 bridgehead atoms. The highest BCUT2D eigenvalue weighted by Gasteiger charge is 2.26. The number of likely N-dealkylation sites (tertiary alicyclic amines) is 1.